The fraction of sp³-hybridized carbons (Fsp3) is 0.524. The van der Waals surface area contributed by atoms with Gasteiger partial charge >= 0.3 is 12.0 Å². The van der Waals surface area contributed by atoms with Crippen LogP contribution in [0.2, 0.25) is 0 Å². The number of para-hydroxylation sites is 1. The highest BCUT2D eigenvalue weighted by Gasteiger charge is 2.47. The third-order valence-corrected chi connectivity index (χ3v) is 5.50. The van der Waals surface area contributed by atoms with Crippen LogP contribution in [0.1, 0.15) is 38.5 Å². The van der Waals surface area contributed by atoms with Gasteiger partial charge in [0.25, 0.3) is 0 Å². The van der Waals surface area contributed by atoms with Crippen molar-refractivity contribution in [2.24, 2.45) is 11.8 Å². The number of rotatable bonds is 10. The number of carboxylic acids is 1. The van der Waals surface area contributed by atoms with Crippen molar-refractivity contribution in [2.75, 3.05) is 11.9 Å². The SMILES string of the molecule is O=C(O)CCC/C=C\C[C@@H]1[C@@H](CNNC(=O)Nc2ccccc2)[C@@H]2CC[C@@H]1O2. The first-order valence-electron chi connectivity index (χ1n) is 10.0. The Bertz CT molecular complexity index is 679. The van der Waals surface area contributed by atoms with E-state index in [0.717, 1.165) is 31.4 Å². The number of anilines is 1. The van der Waals surface area contributed by atoms with Crippen molar-refractivity contribution in [3.8, 4) is 0 Å². The summed E-state index contributed by atoms with van der Waals surface area (Å²) in [6.07, 6.45) is 9.54. The summed E-state index contributed by atoms with van der Waals surface area (Å²) < 4.78 is 6.08. The Morgan fingerprint density at radius 2 is 1.86 bits per heavy atom. The molecule has 0 radical (unpaired) electrons. The highest BCUT2D eigenvalue weighted by atomic mass is 16.5. The maximum atomic E-state index is 12.0. The summed E-state index contributed by atoms with van der Waals surface area (Å²) in [6, 6.07) is 9.03. The molecule has 3 rings (SSSR count). The van der Waals surface area contributed by atoms with E-state index in [4.69, 9.17) is 9.84 Å². The lowest BCUT2D eigenvalue weighted by molar-refractivity contribution is -0.137. The van der Waals surface area contributed by atoms with Gasteiger partial charge in [0, 0.05) is 24.6 Å². The number of benzene rings is 1. The van der Waals surface area contributed by atoms with E-state index in [1.54, 1.807) is 0 Å². The third kappa shape index (κ3) is 5.81. The standard InChI is InChI=1S/C21H29N3O4/c25-20(26)11-7-2-1-6-10-16-17(19-13-12-18(16)28-19)14-22-24-21(27)23-15-8-4-3-5-9-15/h1,3-6,8-9,16-19,22H,2,7,10-14H2,(H,25,26)(H2,23,24,27)/b6-1-/t16-,17-,18+,19+/m1/s1. The minimum Gasteiger partial charge on any atom is -0.481 e. The van der Waals surface area contributed by atoms with Crippen LogP contribution in [0, 0.1) is 11.8 Å². The highest BCUT2D eigenvalue weighted by molar-refractivity contribution is 5.88. The Hall–Kier alpha value is -2.38. The molecular formula is C21H29N3O4. The molecule has 2 bridgehead atoms. The molecule has 0 aliphatic carbocycles. The van der Waals surface area contributed by atoms with Crippen LogP contribution in [0.3, 0.4) is 0 Å². The number of amides is 2. The zero-order valence-electron chi connectivity index (χ0n) is 16.0. The van der Waals surface area contributed by atoms with Gasteiger partial charge in [-0.05, 0) is 50.2 Å². The largest absolute Gasteiger partial charge is 0.481 e. The van der Waals surface area contributed by atoms with Crippen LogP contribution in [0.4, 0.5) is 10.5 Å². The zero-order valence-corrected chi connectivity index (χ0v) is 16.0. The molecule has 0 saturated carbocycles. The van der Waals surface area contributed by atoms with Gasteiger partial charge in [-0.25, -0.2) is 10.2 Å². The quantitative estimate of drug-likeness (QED) is 0.280. The van der Waals surface area contributed by atoms with Gasteiger partial charge in [0.2, 0.25) is 0 Å². The molecule has 2 aliphatic heterocycles. The molecule has 28 heavy (non-hydrogen) atoms. The lowest BCUT2D eigenvalue weighted by atomic mass is 9.77. The number of hydrogen-bond donors (Lipinski definition) is 4. The van der Waals surface area contributed by atoms with Crippen LogP contribution in [0.15, 0.2) is 42.5 Å². The predicted molar refractivity (Wildman–Crippen MR) is 107 cm³/mol. The third-order valence-electron chi connectivity index (χ3n) is 5.50. The smallest absolute Gasteiger partial charge is 0.333 e. The lowest BCUT2D eigenvalue weighted by Crippen LogP contribution is -2.45. The molecule has 1 aromatic rings. The van der Waals surface area contributed by atoms with E-state index in [9.17, 15) is 9.59 Å². The van der Waals surface area contributed by atoms with Crippen molar-refractivity contribution in [2.45, 2.75) is 50.7 Å². The van der Waals surface area contributed by atoms with Crippen LogP contribution in [0.5, 0.6) is 0 Å². The van der Waals surface area contributed by atoms with Crippen molar-refractivity contribution in [1.82, 2.24) is 10.9 Å². The zero-order chi connectivity index (χ0) is 19.8. The molecule has 2 amide bonds. The molecule has 2 saturated heterocycles. The molecule has 4 N–H and O–H groups in total. The first kappa shape index (κ1) is 20.4. The molecule has 1 aromatic carbocycles. The Balaban J connectivity index is 1.40. The van der Waals surface area contributed by atoms with E-state index in [-0.39, 0.29) is 18.6 Å². The summed E-state index contributed by atoms with van der Waals surface area (Å²) in [4.78, 5) is 22.5. The first-order valence-corrected chi connectivity index (χ1v) is 10.0. The number of aliphatic carboxylic acids is 1. The molecular weight excluding hydrogens is 358 g/mol. The second kappa shape index (κ2) is 10.2. The number of hydrogen-bond acceptors (Lipinski definition) is 4. The number of hydrazine groups is 1. The second-order valence-corrected chi connectivity index (χ2v) is 7.44. The Kier molecular flexibility index (Phi) is 7.45. The van der Waals surface area contributed by atoms with Crippen LogP contribution < -0.4 is 16.2 Å². The molecule has 2 heterocycles. The Labute approximate surface area is 165 Å². The maximum absolute atomic E-state index is 12.0. The summed E-state index contributed by atoms with van der Waals surface area (Å²) in [6.45, 7) is 0.668. The predicted octanol–water partition coefficient (Wildman–Crippen LogP) is 3.31. The van der Waals surface area contributed by atoms with Crippen molar-refractivity contribution in [3.05, 3.63) is 42.5 Å². The van der Waals surface area contributed by atoms with Gasteiger partial charge in [-0.15, -0.1) is 0 Å². The summed E-state index contributed by atoms with van der Waals surface area (Å²) in [7, 11) is 0. The van der Waals surface area contributed by atoms with Crippen molar-refractivity contribution < 1.29 is 19.4 Å². The van der Waals surface area contributed by atoms with Crippen LogP contribution in [-0.2, 0) is 9.53 Å². The van der Waals surface area contributed by atoms with Crippen LogP contribution in [0.25, 0.3) is 0 Å². The first-order chi connectivity index (χ1) is 13.6. The minimum atomic E-state index is -0.746. The van der Waals surface area contributed by atoms with Crippen LogP contribution >= 0.6 is 0 Å². The average Bonchev–Trinajstić information content (AvgIpc) is 3.27. The van der Waals surface area contributed by atoms with E-state index in [0.29, 0.717) is 30.9 Å². The number of unbranched alkanes of at least 4 members (excludes halogenated alkanes) is 1. The number of fused-ring (bicyclic) bond motifs is 2. The van der Waals surface area contributed by atoms with Gasteiger partial charge in [-0.2, -0.15) is 0 Å². The summed E-state index contributed by atoms with van der Waals surface area (Å²) >= 11 is 0. The number of carbonyl (C=O) groups excluding carboxylic acids is 1. The molecule has 7 heteroatoms. The molecule has 0 spiro atoms. The molecule has 4 atom stereocenters. The maximum Gasteiger partial charge on any atom is 0.333 e. The van der Waals surface area contributed by atoms with Crippen LogP contribution in [-0.4, -0.2) is 35.9 Å². The number of carboxylic acid groups (broad SMARTS) is 1. The number of carbonyl (C=O) groups is 2. The topological polar surface area (TPSA) is 99.7 Å². The van der Waals surface area contributed by atoms with Gasteiger partial charge in [0.1, 0.15) is 0 Å². The summed E-state index contributed by atoms with van der Waals surface area (Å²) in [5, 5.41) is 11.4. The van der Waals surface area contributed by atoms with E-state index in [1.165, 1.54) is 0 Å². The monoisotopic (exact) mass is 387 g/mol. The van der Waals surface area contributed by atoms with Gasteiger partial charge < -0.3 is 15.2 Å². The summed E-state index contributed by atoms with van der Waals surface area (Å²) in [5.74, 6) is 0.0465. The molecule has 7 nitrogen and oxygen atoms in total. The number of allylic oxidation sites excluding steroid dienone is 2. The Morgan fingerprint density at radius 3 is 2.61 bits per heavy atom. The van der Waals surface area contributed by atoms with E-state index in [1.807, 2.05) is 30.3 Å². The minimum absolute atomic E-state index is 0.213. The van der Waals surface area contributed by atoms with Crippen molar-refractivity contribution in [3.63, 3.8) is 0 Å². The highest BCUT2D eigenvalue weighted by Crippen LogP contribution is 2.44. The van der Waals surface area contributed by atoms with Gasteiger partial charge in [-0.1, -0.05) is 30.4 Å². The lowest BCUT2D eigenvalue weighted by Gasteiger charge is -2.27. The molecule has 152 valence electrons. The normalized spacial score (nSPS) is 25.9. The van der Waals surface area contributed by atoms with Gasteiger partial charge in [0.15, 0.2) is 0 Å². The Morgan fingerprint density at radius 1 is 1.11 bits per heavy atom. The number of nitrogens with one attached hydrogen (secondary N) is 3. The molecule has 0 aromatic heterocycles. The average molecular weight is 387 g/mol. The summed E-state index contributed by atoms with van der Waals surface area (Å²) in [5.41, 5.74) is 6.50. The fourth-order valence-corrected chi connectivity index (χ4v) is 4.16. The number of urea groups is 1. The molecule has 2 aliphatic rings. The van der Waals surface area contributed by atoms with Crippen molar-refractivity contribution in [1.29, 1.82) is 0 Å². The van der Waals surface area contributed by atoms with Gasteiger partial charge in [0.05, 0.1) is 12.2 Å². The van der Waals surface area contributed by atoms with E-state index >= 15 is 0 Å². The van der Waals surface area contributed by atoms with Gasteiger partial charge in [-0.3, -0.25) is 10.2 Å². The van der Waals surface area contributed by atoms with Crippen molar-refractivity contribution >= 4 is 17.7 Å². The number of ether oxygens (including phenoxy) is 1. The molecule has 2 fully saturated rings. The van der Waals surface area contributed by atoms with E-state index < -0.39 is 5.97 Å². The van der Waals surface area contributed by atoms with E-state index in [2.05, 4.69) is 28.3 Å². The molecule has 0 unspecified atom stereocenters. The fourth-order valence-electron chi connectivity index (χ4n) is 4.16. The second-order valence-electron chi connectivity index (χ2n) is 7.44.